The first-order chi connectivity index (χ1) is 19.5. The topological polar surface area (TPSA) is 231 Å². The summed E-state index contributed by atoms with van der Waals surface area (Å²) in [6.07, 6.45) is -1.08. The number of aliphatic carboxylic acids is 2. The van der Waals surface area contributed by atoms with Crippen molar-refractivity contribution in [3.8, 4) is 0 Å². The molecule has 0 saturated heterocycles. The Morgan fingerprint density at radius 2 is 1.10 bits per heavy atom. The molecule has 4 atom stereocenters. The monoisotopic (exact) mass is 569 g/mol. The van der Waals surface area contributed by atoms with Crippen molar-refractivity contribution in [3.63, 3.8) is 0 Å². The number of carboxylic acids is 2. The number of carbonyl (C=O) groups excluding carboxylic acids is 4. The summed E-state index contributed by atoms with van der Waals surface area (Å²) in [6.45, 7) is 0. The van der Waals surface area contributed by atoms with Crippen LogP contribution >= 0.6 is 0 Å². The first-order valence-electron chi connectivity index (χ1n) is 12.9. The van der Waals surface area contributed by atoms with Crippen LogP contribution in [-0.4, -0.2) is 69.9 Å². The molecule has 13 heteroatoms. The normalized spacial score (nSPS) is 13.6. The number of rotatable bonds is 17. The van der Waals surface area contributed by atoms with Crippen LogP contribution in [0.5, 0.6) is 0 Å². The van der Waals surface area contributed by atoms with E-state index in [1.54, 1.807) is 60.7 Å². The third-order valence-corrected chi connectivity index (χ3v) is 6.13. The van der Waals surface area contributed by atoms with Crippen LogP contribution in [0.3, 0.4) is 0 Å². The van der Waals surface area contributed by atoms with Crippen molar-refractivity contribution in [1.82, 2.24) is 16.0 Å². The molecule has 2 aromatic rings. The summed E-state index contributed by atoms with van der Waals surface area (Å²) in [5, 5.41) is 26.0. The minimum Gasteiger partial charge on any atom is -0.481 e. The Morgan fingerprint density at radius 3 is 1.59 bits per heavy atom. The quantitative estimate of drug-likeness (QED) is 0.130. The molecule has 0 saturated carbocycles. The zero-order valence-electron chi connectivity index (χ0n) is 22.3. The van der Waals surface area contributed by atoms with Gasteiger partial charge in [-0.25, -0.2) is 4.79 Å². The molecule has 0 aliphatic rings. The molecular formula is C28H35N5O8. The summed E-state index contributed by atoms with van der Waals surface area (Å²) in [7, 11) is 0. The molecule has 2 rings (SSSR count). The van der Waals surface area contributed by atoms with Gasteiger partial charge in [-0.05, 0) is 24.0 Å². The molecule has 41 heavy (non-hydrogen) atoms. The summed E-state index contributed by atoms with van der Waals surface area (Å²) in [5.41, 5.74) is 12.3. The molecule has 2 aromatic carbocycles. The van der Waals surface area contributed by atoms with Crippen LogP contribution in [0.15, 0.2) is 60.7 Å². The van der Waals surface area contributed by atoms with Crippen LogP contribution in [0.25, 0.3) is 0 Å². The highest BCUT2D eigenvalue weighted by Gasteiger charge is 2.31. The van der Waals surface area contributed by atoms with Crippen LogP contribution in [0.2, 0.25) is 0 Å². The lowest BCUT2D eigenvalue weighted by Gasteiger charge is -2.25. The highest BCUT2D eigenvalue weighted by atomic mass is 16.4. The standard InChI is InChI=1S/C28H35N5O8/c29-19(11-14-24(35)36)25(37)31-20(12-13-23(30)34)26(38)32-21(15-17-7-3-1-4-8-17)27(39)33-22(28(40)41)16-18-9-5-2-6-10-18/h1-10,19-22H,11-16,29H2,(H2,30,34)(H,31,37)(H,32,38)(H,33,39)(H,35,36)(H,40,41). The van der Waals surface area contributed by atoms with E-state index in [1.807, 2.05) is 0 Å². The Bertz CT molecular complexity index is 1210. The largest absolute Gasteiger partial charge is 0.481 e. The number of carboxylic acid groups (broad SMARTS) is 2. The van der Waals surface area contributed by atoms with E-state index in [-0.39, 0.29) is 38.5 Å². The maximum atomic E-state index is 13.3. The Hall–Kier alpha value is -4.78. The fraction of sp³-hybridized carbons (Fsp3) is 0.357. The lowest BCUT2D eigenvalue weighted by Crippen LogP contribution is -2.58. The van der Waals surface area contributed by atoms with Gasteiger partial charge in [0, 0.05) is 25.7 Å². The Morgan fingerprint density at radius 1 is 0.634 bits per heavy atom. The van der Waals surface area contributed by atoms with Crippen LogP contribution < -0.4 is 27.4 Å². The smallest absolute Gasteiger partial charge is 0.326 e. The minimum absolute atomic E-state index is 0.000554. The van der Waals surface area contributed by atoms with Gasteiger partial charge in [0.2, 0.25) is 23.6 Å². The van der Waals surface area contributed by atoms with Crippen molar-refractivity contribution < 1.29 is 39.0 Å². The van der Waals surface area contributed by atoms with Gasteiger partial charge in [0.15, 0.2) is 0 Å². The predicted molar refractivity (Wildman–Crippen MR) is 147 cm³/mol. The van der Waals surface area contributed by atoms with Crippen molar-refractivity contribution >= 4 is 35.6 Å². The highest BCUT2D eigenvalue weighted by Crippen LogP contribution is 2.09. The third kappa shape index (κ3) is 11.9. The van der Waals surface area contributed by atoms with Gasteiger partial charge < -0.3 is 37.6 Å². The molecule has 0 spiro atoms. The molecule has 0 aromatic heterocycles. The van der Waals surface area contributed by atoms with Gasteiger partial charge in [-0.2, -0.15) is 0 Å². The van der Waals surface area contributed by atoms with Crippen molar-refractivity contribution in [2.24, 2.45) is 11.5 Å². The molecule has 4 unspecified atom stereocenters. The number of amides is 4. The number of carbonyl (C=O) groups is 6. The van der Waals surface area contributed by atoms with Gasteiger partial charge in [0.05, 0.1) is 6.04 Å². The van der Waals surface area contributed by atoms with Gasteiger partial charge in [-0.1, -0.05) is 60.7 Å². The minimum atomic E-state index is -1.34. The average molecular weight is 570 g/mol. The first kappa shape index (κ1) is 32.4. The Labute approximate surface area is 236 Å². The molecular weight excluding hydrogens is 534 g/mol. The van der Waals surface area contributed by atoms with Crippen LogP contribution in [0.4, 0.5) is 0 Å². The molecule has 220 valence electrons. The van der Waals surface area contributed by atoms with Crippen molar-refractivity contribution in [3.05, 3.63) is 71.8 Å². The Balaban J connectivity index is 2.24. The van der Waals surface area contributed by atoms with Crippen molar-refractivity contribution in [2.45, 2.75) is 62.7 Å². The van der Waals surface area contributed by atoms with Crippen molar-refractivity contribution in [1.29, 1.82) is 0 Å². The maximum absolute atomic E-state index is 13.3. The second kappa shape index (κ2) is 16.4. The predicted octanol–water partition coefficient (Wildman–Crippen LogP) is -0.532. The zero-order valence-corrected chi connectivity index (χ0v) is 22.3. The van der Waals surface area contributed by atoms with E-state index in [1.165, 1.54) is 0 Å². The SMILES string of the molecule is NC(=O)CCC(NC(=O)C(N)CCC(=O)O)C(=O)NC(Cc1ccccc1)C(=O)NC(Cc1ccccc1)C(=O)O. The lowest BCUT2D eigenvalue weighted by molar-refractivity contribution is -0.142. The Kier molecular flexibility index (Phi) is 12.9. The zero-order chi connectivity index (χ0) is 30.4. The number of nitrogens with two attached hydrogens (primary N) is 2. The number of nitrogens with one attached hydrogen (secondary N) is 3. The van der Waals surface area contributed by atoms with Crippen LogP contribution in [0.1, 0.15) is 36.8 Å². The van der Waals surface area contributed by atoms with E-state index in [0.29, 0.717) is 11.1 Å². The average Bonchev–Trinajstić information content (AvgIpc) is 2.93. The number of hydrogen-bond acceptors (Lipinski definition) is 7. The van der Waals surface area contributed by atoms with Gasteiger partial charge in [0.25, 0.3) is 0 Å². The molecule has 0 aliphatic heterocycles. The second-order valence-electron chi connectivity index (χ2n) is 9.45. The fourth-order valence-electron chi connectivity index (χ4n) is 3.90. The molecule has 9 N–H and O–H groups in total. The second-order valence-corrected chi connectivity index (χ2v) is 9.45. The van der Waals surface area contributed by atoms with E-state index >= 15 is 0 Å². The third-order valence-electron chi connectivity index (χ3n) is 6.13. The first-order valence-corrected chi connectivity index (χ1v) is 12.9. The molecule has 13 nitrogen and oxygen atoms in total. The maximum Gasteiger partial charge on any atom is 0.326 e. The molecule has 0 heterocycles. The summed E-state index contributed by atoms with van der Waals surface area (Å²) >= 11 is 0. The number of primary amides is 1. The number of benzene rings is 2. The number of hydrogen-bond donors (Lipinski definition) is 7. The molecule has 0 aliphatic carbocycles. The van der Waals surface area contributed by atoms with Crippen LogP contribution in [0, 0.1) is 0 Å². The summed E-state index contributed by atoms with van der Waals surface area (Å²) in [5.74, 6) is -5.60. The van der Waals surface area contributed by atoms with E-state index in [4.69, 9.17) is 16.6 Å². The van der Waals surface area contributed by atoms with E-state index < -0.39 is 59.7 Å². The highest BCUT2D eigenvalue weighted by molar-refractivity contribution is 5.94. The fourth-order valence-corrected chi connectivity index (χ4v) is 3.90. The van der Waals surface area contributed by atoms with E-state index in [0.717, 1.165) is 0 Å². The summed E-state index contributed by atoms with van der Waals surface area (Å²) in [6, 6.07) is 12.2. The van der Waals surface area contributed by atoms with Gasteiger partial charge >= 0.3 is 11.9 Å². The molecule has 4 amide bonds. The summed E-state index contributed by atoms with van der Waals surface area (Å²) in [4.78, 5) is 73.3. The molecule has 0 radical (unpaired) electrons. The van der Waals surface area contributed by atoms with Crippen molar-refractivity contribution in [2.75, 3.05) is 0 Å². The van der Waals surface area contributed by atoms with Gasteiger partial charge in [0.1, 0.15) is 18.1 Å². The lowest BCUT2D eigenvalue weighted by atomic mass is 10.0. The van der Waals surface area contributed by atoms with Crippen LogP contribution in [-0.2, 0) is 41.6 Å². The molecule has 0 fully saturated rings. The molecule has 0 bridgehead atoms. The summed E-state index contributed by atoms with van der Waals surface area (Å²) < 4.78 is 0. The van der Waals surface area contributed by atoms with E-state index in [9.17, 15) is 33.9 Å². The van der Waals surface area contributed by atoms with E-state index in [2.05, 4.69) is 16.0 Å². The van der Waals surface area contributed by atoms with Gasteiger partial charge in [-0.3, -0.25) is 24.0 Å². The van der Waals surface area contributed by atoms with Gasteiger partial charge in [-0.15, -0.1) is 0 Å².